The van der Waals surface area contributed by atoms with E-state index in [0.29, 0.717) is 0 Å². The molecule has 1 heteroatoms. The zero-order valence-electron chi connectivity index (χ0n) is 15.8. The third kappa shape index (κ3) is 3.04. The highest BCUT2D eigenvalue weighted by Crippen LogP contribution is 2.34. The molecule has 0 spiro atoms. The van der Waals surface area contributed by atoms with Crippen molar-refractivity contribution in [2.24, 2.45) is 0 Å². The normalized spacial score (nSPS) is 11.6. The fourth-order valence-corrected chi connectivity index (χ4v) is 5.02. The van der Waals surface area contributed by atoms with Gasteiger partial charge in [0.05, 0.1) is 0 Å². The van der Waals surface area contributed by atoms with Gasteiger partial charge in [-0.2, -0.15) is 0 Å². The van der Waals surface area contributed by atoms with E-state index in [-0.39, 0.29) is 0 Å². The van der Waals surface area contributed by atoms with Crippen molar-refractivity contribution in [2.75, 3.05) is 0 Å². The van der Waals surface area contributed by atoms with Gasteiger partial charge in [0, 0.05) is 9.79 Å². The molecule has 0 aliphatic carbocycles. The molecule has 0 heterocycles. The van der Waals surface area contributed by atoms with Crippen molar-refractivity contribution in [2.45, 2.75) is 9.79 Å². The minimum atomic E-state index is 1.27. The van der Waals surface area contributed by atoms with Gasteiger partial charge in [0.25, 0.3) is 0 Å². The van der Waals surface area contributed by atoms with Crippen LogP contribution in [0.2, 0.25) is 0 Å². The van der Waals surface area contributed by atoms with E-state index in [1.165, 1.54) is 52.9 Å². The van der Waals surface area contributed by atoms with Gasteiger partial charge < -0.3 is 0 Å². The van der Waals surface area contributed by atoms with E-state index in [9.17, 15) is 0 Å². The van der Waals surface area contributed by atoms with E-state index in [1.54, 1.807) is 0 Å². The Kier molecular flexibility index (Phi) is 3.82. The number of benzene rings is 6. The lowest BCUT2D eigenvalue weighted by atomic mass is 10.0. The first-order valence-electron chi connectivity index (χ1n) is 9.85. The van der Waals surface area contributed by atoms with Gasteiger partial charge in [0.2, 0.25) is 0 Å². The first-order valence-corrected chi connectivity index (χ1v) is 10.7. The Morgan fingerprint density at radius 2 is 0.655 bits per heavy atom. The van der Waals surface area contributed by atoms with Gasteiger partial charge in [0.1, 0.15) is 0 Å². The summed E-state index contributed by atoms with van der Waals surface area (Å²) < 4.78 is 0. The summed E-state index contributed by atoms with van der Waals surface area (Å²) in [6, 6.07) is 39.8. The van der Waals surface area contributed by atoms with Crippen LogP contribution in [0.5, 0.6) is 0 Å². The second-order valence-electron chi connectivity index (χ2n) is 7.52. The summed E-state index contributed by atoms with van der Waals surface area (Å²) in [5, 5.41) is 10.3. The summed E-state index contributed by atoms with van der Waals surface area (Å²) in [7, 11) is 0. The molecule has 0 bridgehead atoms. The molecule has 0 aromatic heterocycles. The molecule has 6 aromatic carbocycles. The van der Waals surface area contributed by atoms with Crippen LogP contribution in [0.1, 0.15) is 0 Å². The maximum absolute atomic E-state index is 2.30. The summed E-state index contributed by atoms with van der Waals surface area (Å²) >= 11 is 1.83. The average molecular weight is 387 g/mol. The first-order chi connectivity index (χ1) is 14.3. The predicted molar refractivity (Wildman–Crippen MR) is 127 cm³/mol. The van der Waals surface area contributed by atoms with Crippen molar-refractivity contribution in [1.82, 2.24) is 0 Å². The molecule has 0 radical (unpaired) electrons. The molecule has 0 N–H and O–H groups in total. The third-order valence-electron chi connectivity index (χ3n) is 5.59. The van der Waals surface area contributed by atoms with Crippen LogP contribution < -0.4 is 0 Å². The molecule has 0 fully saturated rings. The van der Waals surface area contributed by atoms with Crippen LogP contribution in [-0.4, -0.2) is 0 Å². The summed E-state index contributed by atoms with van der Waals surface area (Å²) in [6.45, 7) is 0. The standard InChI is InChI=1S/C28H18S/c1-3-7-21-15-25-17-27(11-9-23(25)13-19(21)5-1)29-28-12-10-24-14-20-6-2-4-8-22(20)16-26(24)18-28/h1-18H. The average Bonchev–Trinajstić information content (AvgIpc) is 2.76. The lowest BCUT2D eigenvalue weighted by Gasteiger charge is -2.08. The van der Waals surface area contributed by atoms with Crippen LogP contribution in [0.15, 0.2) is 119 Å². The van der Waals surface area contributed by atoms with Gasteiger partial charge in [0.15, 0.2) is 0 Å². The van der Waals surface area contributed by atoms with Crippen LogP contribution in [0.25, 0.3) is 43.1 Å². The fraction of sp³-hybridized carbons (Fsp3) is 0. The van der Waals surface area contributed by atoms with Crippen molar-refractivity contribution in [1.29, 1.82) is 0 Å². The maximum atomic E-state index is 2.30. The first kappa shape index (κ1) is 16.6. The van der Waals surface area contributed by atoms with E-state index < -0.39 is 0 Å². The molecule has 0 nitrogen and oxygen atoms in total. The van der Waals surface area contributed by atoms with E-state index in [0.717, 1.165) is 0 Å². The van der Waals surface area contributed by atoms with Crippen molar-refractivity contribution >= 4 is 54.9 Å². The third-order valence-corrected chi connectivity index (χ3v) is 6.57. The molecule has 0 amide bonds. The van der Waals surface area contributed by atoms with Crippen LogP contribution in [0.3, 0.4) is 0 Å². The lowest BCUT2D eigenvalue weighted by molar-refractivity contribution is 1.45. The molecule has 6 aromatic rings. The van der Waals surface area contributed by atoms with E-state index in [2.05, 4.69) is 109 Å². The molecular formula is C28H18S. The van der Waals surface area contributed by atoms with Crippen molar-refractivity contribution in [3.8, 4) is 0 Å². The maximum Gasteiger partial charge on any atom is 0.0128 e. The van der Waals surface area contributed by atoms with Crippen molar-refractivity contribution in [3.63, 3.8) is 0 Å². The van der Waals surface area contributed by atoms with Crippen LogP contribution >= 0.6 is 11.8 Å². The molecule has 0 unspecified atom stereocenters. The molecule has 0 aliphatic heterocycles. The SMILES string of the molecule is c1ccc2cc3cc(Sc4ccc5cc6ccccc6cc5c4)ccc3cc2c1. The Morgan fingerprint density at radius 3 is 1.07 bits per heavy atom. The zero-order valence-corrected chi connectivity index (χ0v) is 16.6. The zero-order chi connectivity index (χ0) is 19.2. The summed E-state index contributed by atoms with van der Waals surface area (Å²) in [5.74, 6) is 0. The fourth-order valence-electron chi connectivity index (χ4n) is 4.10. The van der Waals surface area contributed by atoms with Gasteiger partial charge in [-0.05, 0) is 91.6 Å². The summed E-state index contributed by atoms with van der Waals surface area (Å²) in [4.78, 5) is 2.54. The van der Waals surface area contributed by atoms with Crippen molar-refractivity contribution < 1.29 is 0 Å². The van der Waals surface area contributed by atoms with Gasteiger partial charge >= 0.3 is 0 Å². The molecule has 0 saturated heterocycles. The van der Waals surface area contributed by atoms with Crippen LogP contribution in [0, 0.1) is 0 Å². The Bertz CT molecular complexity index is 1410. The van der Waals surface area contributed by atoms with E-state index in [1.807, 2.05) is 11.8 Å². The Morgan fingerprint density at radius 1 is 0.310 bits per heavy atom. The highest BCUT2D eigenvalue weighted by molar-refractivity contribution is 7.99. The van der Waals surface area contributed by atoms with Gasteiger partial charge in [-0.3, -0.25) is 0 Å². The van der Waals surface area contributed by atoms with E-state index >= 15 is 0 Å². The monoisotopic (exact) mass is 386 g/mol. The molecular weight excluding hydrogens is 368 g/mol. The number of fused-ring (bicyclic) bond motifs is 4. The topological polar surface area (TPSA) is 0 Å². The highest BCUT2D eigenvalue weighted by atomic mass is 32.2. The second-order valence-corrected chi connectivity index (χ2v) is 8.67. The number of rotatable bonds is 2. The smallest absolute Gasteiger partial charge is 0.0128 e. The van der Waals surface area contributed by atoms with E-state index in [4.69, 9.17) is 0 Å². The van der Waals surface area contributed by atoms with Gasteiger partial charge in [-0.15, -0.1) is 0 Å². The Labute approximate surface area is 173 Å². The molecule has 0 aliphatic rings. The largest absolute Gasteiger partial charge is 0.0901 e. The molecule has 0 saturated carbocycles. The predicted octanol–water partition coefficient (Wildman–Crippen LogP) is 8.45. The second kappa shape index (κ2) is 6.65. The highest BCUT2D eigenvalue weighted by Gasteiger charge is 2.04. The lowest BCUT2D eigenvalue weighted by Crippen LogP contribution is -1.80. The molecule has 136 valence electrons. The number of hydrogen-bond acceptors (Lipinski definition) is 1. The van der Waals surface area contributed by atoms with Gasteiger partial charge in [-0.1, -0.05) is 72.4 Å². The molecule has 6 rings (SSSR count). The summed E-state index contributed by atoms with van der Waals surface area (Å²) in [6.07, 6.45) is 0. The minimum absolute atomic E-state index is 1.27. The van der Waals surface area contributed by atoms with Crippen LogP contribution in [0.4, 0.5) is 0 Å². The Hall–Kier alpha value is -3.29. The minimum Gasteiger partial charge on any atom is -0.0901 e. The Balaban J connectivity index is 1.40. The molecule has 0 atom stereocenters. The van der Waals surface area contributed by atoms with Crippen LogP contribution in [-0.2, 0) is 0 Å². The summed E-state index contributed by atoms with van der Waals surface area (Å²) in [5.41, 5.74) is 0. The quantitative estimate of drug-likeness (QED) is 0.269. The number of hydrogen-bond donors (Lipinski definition) is 0. The van der Waals surface area contributed by atoms with Gasteiger partial charge in [-0.25, -0.2) is 0 Å². The molecule has 29 heavy (non-hydrogen) atoms. The van der Waals surface area contributed by atoms with Crippen molar-refractivity contribution in [3.05, 3.63) is 109 Å².